The normalized spacial score (nSPS) is 23.2. The molecule has 1 aliphatic heterocycles. The van der Waals surface area contributed by atoms with Crippen LogP contribution in [-0.4, -0.2) is 41.9 Å². The van der Waals surface area contributed by atoms with Gasteiger partial charge in [0.1, 0.15) is 5.82 Å². The molecule has 0 saturated heterocycles. The summed E-state index contributed by atoms with van der Waals surface area (Å²) in [5, 5.41) is 0. The number of nitrogens with zero attached hydrogens (tertiary/aromatic N) is 3. The first-order valence-corrected chi connectivity index (χ1v) is 12.8. The van der Waals surface area contributed by atoms with Crippen molar-refractivity contribution in [1.82, 2.24) is 9.55 Å². The second-order valence-corrected chi connectivity index (χ2v) is 10.8. The lowest BCUT2D eigenvalue weighted by molar-refractivity contribution is -0.152. The van der Waals surface area contributed by atoms with E-state index in [1.165, 1.54) is 14.2 Å². The molecular weight excluding hydrogens is 454 g/mol. The van der Waals surface area contributed by atoms with Gasteiger partial charge in [-0.2, -0.15) is 0 Å². The minimum atomic E-state index is -0.339. The molecular formula is C29H35N3O4. The molecule has 2 heterocycles. The second-order valence-electron chi connectivity index (χ2n) is 10.8. The van der Waals surface area contributed by atoms with Gasteiger partial charge in [0.25, 0.3) is 0 Å². The average molecular weight is 490 g/mol. The van der Waals surface area contributed by atoms with Gasteiger partial charge in [0.2, 0.25) is 0 Å². The topological polar surface area (TPSA) is 73.7 Å². The summed E-state index contributed by atoms with van der Waals surface area (Å²) >= 11 is 0. The SMILES string of the molecule is COC(=O)C1CCC(n2c(-c3ccccc3)nc3c4c(ccc32)N(C(=O)OC)C(C)CC4)CC1(C)C. The summed E-state index contributed by atoms with van der Waals surface area (Å²) < 4.78 is 12.6. The number of fused-ring (bicyclic) bond motifs is 3. The van der Waals surface area contributed by atoms with E-state index in [0.29, 0.717) is 0 Å². The summed E-state index contributed by atoms with van der Waals surface area (Å²) in [6, 6.07) is 14.7. The van der Waals surface area contributed by atoms with Crippen LogP contribution in [-0.2, 0) is 20.7 Å². The van der Waals surface area contributed by atoms with Crippen LogP contribution in [0.4, 0.5) is 10.5 Å². The Bertz CT molecular complexity index is 1300. The predicted molar refractivity (Wildman–Crippen MR) is 140 cm³/mol. The highest BCUT2D eigenvalue weighted by molar-refractivity contribution is 5.96. The molecule has 1 aliphatic carbocycles. The first-order valence-electron chi connectivity index (χ1n) is 12.8. The van der Waals surface area contributed by atoms with Crippen molar-refractivity contribution in [3.05, 3.63) is 48.0 Å². The number of imidazole rings is 1. The average Bonchev–Trinajstić information content (AvgIpc) is 3.27. The van der Waals surface area contributed by atoms with Crippen LogP contribution in [0.1, 0.15) is 58.1 Å². The molecule has 2 aromatic carbocycles. The van der Waals surface area contributed by atoms with E-state index in [2.05, 4.69) is 43.5 Å². The Hall–Kier alpha value is -3.35. The lowest BCUT2D eigenvalue weighted by atomic mass is 9.67. The van der Waals surface area contributed by atoms with Crippen molar-refractivity contribution in [3.63, 3.8) is 0 Å². The first-order chi connectivity index (χ1) is 17.3. The quantitative estimate of drug-likeness (QED) is 0.413. The number of hydrogen-bond acceptors (Lipinski definition) is 5. The zero-order valence-electron chi connectivity index (χ0n) is 21.8. The zero-order valence-corrected chi connectivity index (χ0v) is 21.8. The molecule has 0 N–H and O–H groups in total. The lowest BCUT2D eigenvalue weighted by Gasteiger charge is -2.41. The van der Waals surface area contributed by atoms with Crippen molar-refractivity contribution in [2.24, 2.45) is 11.3 Å². The number of aryl methyl sites for hydroxylation is 1. The van der Waals surface area contributed by atoms with Crippen molar-refractivity contribution in [2.45, 2.75) is 65.0 Å². The van der Waals surface area contributed by atoms with Gasteiger partial charge in [-0.05, 0) is 56.6 Å². The van der Waals surface area contributed by atoms with E-state index in [1.54, 1.807) is 4.90 Å². The van der Waals surface area contributed by atoms with Crippen molar-refractivity contribution in [3.8, 4) is 11.4 Å². The van der Waals surface area contributed by atoms with E-state index >= 15 is 0 Å². The fourth-order valence-corrected chi connectivity index (χ4v) is 6.34. The number of esters is 1. The fourth-order valence-electron chi connectivity index (χ4n) is 6.34. The highest BCUT2D eigenvalue weighted by Crippen LogP contribution is 2.48. The number of benzene rings is 2. The third-order valence-corrected chi connectivity index (χ3v) is 8.20. The van der Waals surface area contributed by atoms with E-state index < -0.39 is 0 Å². The number of carbonyl (C=O) groups is 2. The number of rotatable bonds is 3. The third-order valence-electron chi connectivity index (χ3n) is 8.20. The molecule has 7 heteroatoms. The Labute approximate surface area is 212 Å². The lowest BCUT2D eigenvalue weighted by Crippen LogP contribution is -2.42. The minimum absolute atomic E-state index is 0.0625. The second kappa shape index (κ2) is 9.26. The minimum Gasteiger partial charge on any atom is -0.469 e. The standard InChI is InChI=1S/C29H35N3O4/c1-18-11-13-21-23(31(18)28(34)36-5)15-16-24-25(21)30-26(19-9-7-6-8-10-19)32(24)20-12-14-22(27(33)35-4)29(2,3)17-20/h6-10,15-16,18,20,22H,11-14,17H2,1-5H3. The molecule has 3 atom stereocenters. The summed E-state index contributed by atoms with van der Waals surface area (Å²) in [6.45, 7) is 6.39. The van der Waals surface area contributed by atoms with Crippen LogP contribution >= 0.6 is 0 Å². The maximum atomic E-state index is 12.6. The number of aromatic nitrogens is 2. The Morgan fingerprint density at radius 2 is 1.75 bits per heavy atom. The molecule has 1 amide bonds. The summed E-state index contributed by atoms with van der Waals surface area (Å²) in [4.78, 5) is 32.1. The Morgan fingerprint density at radius 1 is 1.00 bits per heavy atom. The summed E-state index contributed by atoms with van der Waals surface area (Å²) in [5.41, 5.74) is 4.85. The van der Waals surface area contributed by atoms with Gasteiger partial charge < -0.3 is 14.0 Å². The molecule has 1 saturated carbocycles. The number of anilines is 1. The number of methoxy groups -OCH3 is 2. The smallest absolute Gasteiger partial charge is 0.414 e. The molecule has 0 bridgehead atoms. The first kappa shape index (κ1) is 24.3. The monoisotopic (exact) mass is 489 g/mol. The van der Waals surface area contributed by atoms with Crippen LogP contribution in [0.15, 0.2) is 42.5 Å². The van der Waals surface area contributed by atoms with Gasteiger partial charge in [-0.1, -0.05) is 44.2 Å². The van der Waals surface area contributed by atoms with Crippen molar-refractivity contribution in [2.75, 3.05) is 19.1 Å². The van der Waals surface area contributed by atoms with E-state index in [1.807, 2.05) is 24.3 Å². The molecule has 7 nitrogen and oxygen atoms in total. The molecule has 190 valence electrons. The van der Waals surface area contributed by atoms with Crippen LogP contribution in [0.5, 0.6) is 0 Å². The van der Waals surface area contributed by atoms with Gasteiger partial charge in [-0.15, -0.1) is 0 Å². The van der Waals surface area contributed by atoms with Crippen LogP contribution in [0.2, 0.25) is 0 Å². The van der Waals surface area contributed by atoms with Crippen LogP contribution in [0, 0.1) is 11.3 Å². The van der Waals surface area contributed by atoms with Gasteiger partial charge in [0, 0.05) is 23.2 Å². The molecule has 36 heavy (non-hydrogen) atoms. The van der Waals surface area contributed by atoms with E-state index in [-0.39, 0.29) is 35.5 Å². The Morgan fingerprint density at radius 3 is 2.42 bits per heavy atom. The van der Waals surface area contributed by atoms with Crippen LogP contribution in [0.25, 0.3) is 22.4 Å². The maximum absolute atomic E-state index is 12.6. The number of ether oxygens (including phenoxy) is 2. The van der Waals surface area contributed by atoms with Crippen molar-refractivity contribution >= 4 is 28.8 Å². The van der Waals surface area contributed by atoms with Gasteiger partial charge in [0.15, 0.2) is 0 Å². The molecule has 2 aliphatic rings. The fraction of sp³-hybridized carbons (Fsp3) is 0.483. The van der Waals surface area contributed by atoms with Gasteiger partial charge in [-0.3, -0.25) is 9.69 Å². The zero-order chi connectivity index (χ0) is 25.6. The molecule has 0 spiro atoms. The van der Waals surface area contributed by atoms with Crippen LogP contribution < -0.4 is 4.90 Å². The molecule has 5 rings (SSSR count). The van der Waals surface area contributed by atoms with Crippen molar-refractivity contribution < 1.29 is 19.1 Å². The summed E-state index contributed by atoms with van der Waals surface area (Å²) in [6.07, 6.45) is 3.86. The van der Waals surface area contributed by atoms with Crippen LogP contribution in [0.3, 0.4) is 0 Å². The Kier molecular flexibility index (Phi) is 6.27. The third kappa shape index (κ3) is 3.94. The highest BCUT2D eigenvalue weighted by atomic mass is 16.5. The summed E-state index contributed by atoms with van der Waals surface area (Å²) in [5.74, 6) is 0.694. The Balaban J connectivity index is 1.67. The number of amides is 1. The maximum Gasteiger partial charge on any atom is 0.414 e. The highest BCUT2D eigenvalue weighted by Gasteiger charge is 2.43. The van der Waals surface area contributed by atoms with Gasteiger partial charge >= 0.3 is 12.1 Å². The predicted octanol–water partition coefficient (Wildman–Crippen LogP) is 6.15. The number of hydrogen-bond donors (Lipinski definition) is 0. The van der Waals surface area contributed by atoms with Crippen molar-refractivity contribution in [1.29, 1.82) is 0 Å². The van der Waals surface area contributed by atoms with Gasteiger partial charge in [0.05, 0.1) is 36.9 Å². The molecule has 1 fully saturated rings. The molecule has 3 unspecified atom stereocenters. The van der Waals surface area contributed by atoms with Gasteiger partial charge in [-0.25, -0.2) is 9.78 Å². The van der Waals surface area contributed by atoms with E-state index in [4.69, 9.17) is 14.5 Å². The van der Waals surface area contributed by atoms with E-state index in [9.17, 15) is 9.59 Å². The van der Waals surface area contributed by atoms with E-state index in [0.717, 1.165) is 65.8 Å². The number of carbonyl (C=O) groups excluding carboxylic acids is 2. The largest absolute Gasteiger partial charge is 0.469 e. The molecule has 1 aromatic heterocycles. The molecule has 0 radical (unpaired) electrons. The summed E-state index contributed by atoms with van der Waals surface area (Å²) in [7, 11) is 2.90. The molecule has 3 aromatic rings.